The fraction of sp³-hybridized carbons (Fsp3) is 0.0833. The molecule has 0 saturated heterocycles. The Morgan fingerprint density at radius 1 is 1.00 bits per heavy atom. The zero-order chi connectivity index (χ0) is 24.9. The van der Waals surface area contributed by atoms with Gasteiger partial charge in [-0.25, -0.2) is 23.9 Å². The molecule has 1 heterocycles. The zero-order valence-corrected chi connectivity index (χ0v) is 17.4. The third kappa shape index (κ3) is 5.91. The van der Waals surface area contributed by atoms with Crippen molar-refractivity contribution in [3.63, 3.8) is 0 Å². The molecule has 0 unspecified atom stereocenters. The maximum absolute atomic E-state index is 14.3. The predicted octanol–water partition coefficient (Wildman–Crippen LogP) is 5.46. The molecule has 2 aromatic carbocycles. The van der Waals surface area contributed by atoms with Gasteiger partial charge in [-0.15, -0.1) is 6.58 Å². The minimum Gasteiger partial charge on any atom is -0.420 e. The van der Waals surface area contributed by atoms with Gasteiger partial charge in [-0.05, 0) is 30.2 Å². The van der Waals surface area contributed by atoms with Crippen molar-refractivity contribution in [3.05, 3.63) is 102 Å². The van der Waals surface area contributed by atoms with Crippen molar-refractivity contribution in [1.82, 2.24) is 9.97 Å². The highest BCUT2D eigenvalue weighted by molar-refractivity contribution is 5.94. The van der Waals surface area contributed by atoms with E-state index in [0.29, 0.717) is 11.9 Å². The van der Waals surface area contributed by atoms with Gasteiger partial charge in [0.25, 0.3) is 0 Å². The number of allylic oxidation sites excluding steroid dienone is 2. The van der Waals surface area contributed by atoms with Crippen LogP contribution in [0.15, 0.2) is 79.9 Å². The predicted molar refractivity (Wildman–Crippen MR) is 113 cm³/mol. The van der Waals surface area contributed by atoms with E-state index in [1.807, 2.05) is 24.3 Å². The van der Waals surface area contributed by atoms with E-state index in [-0.39, 0.29) is 5.75 Å². The van der Waals surface area contributed by atoms with Crippen LogP contribution in [0.25, 0.3) is 11.4 Å². The summed E-state index contributed by atoms with van der Waals surface area (Å²) in [6.45, 7) is 6.27. The quantitative estimate of drug-likeness (QED) is 0.197. The van der Waals surface area contributed by atoms with Gasteiger partial charge in [0.2, 0.25) is 5.76 Å². The van der Waals surface area contributed by atoms with E-state index in [0.717, 1.165) is 29.7 Å². The molecule has 6 nitrogen and oxygen atoms in total. The van der Waals surface area contributed by atoms with E-state index >= 15 is 0 Å². The highest BCUT2D eigenvalue weighted by Gasteiger charge is 2.36. The van der Waals surface area contributed by atoms with Crippen LogP contribution in [0.3, 0.4) is 0 Å². The van der Waals surface area contributed by atoms with Crippen molar-refractivity contribution in [1.29, 1.82) is 0 Å². The molecule has 0 radical (unpaired) electrons. The number of rotatable bonds is 7. The summed E-state index contributed by atoms with van der Waals surface area (Å²) in [5, 5.41) is 0. The van der Waals surface area contributed by atoms with Crippen molar-refractivity contribution in [2.24, 2.45) is 0 Å². The molecule has 0 saturated carbocycles. The van der Waals surface area contributed by atoms with Crippen LogP contribution in [0.2, 0.25) is 0 Å². The Kier molecular flexibility index (Phi) is 7.20. The van der Waals surface area contributed by atoms with Crippen LogP contribution in [-0.4, -0.2) is 28.1 Å². The third-order valence-corrected chi connectivity index (χ3v) is 4.39. The van der Waals surface area contributed by atoms with Crippen LogP contribution in [0.4, 0.5) is 17.6 Å². The fourth-order valence-corrected chi connectivity index (χ4v) is 2.67. The van der Waals surface area contributed by atoms with E-state index in [9.17, 15) is 27.2 Å². The Morgan fingerprint density at radius 2 is 1.65 bits per heavy atom. The lowest BCUT2D eigenvalue weighted by molar-refractivity contribution is -0.122. The van der Waals surface area contributed by atoms with Crippen molar-refractivity contribution in [2.75, 3.05) is 0 Å². The average Bonchev–Trinajstić information content (AvgIpc) is 2.79. The average molecular weight is 472 g/mol. The van der Waals surface area contributed by atoms with Gasteiger partial charge in [0.05, 0.1) is 23.5 Å². The molecular weight excluding hydrogens is 456 g/mol. The Bertz CT molecular complexity index is 1240. The first-order valence-corrected chi connectivity index (χ1v) is 9.60. The molecule has 174 valence electrons. The lowest BCUT2D eigenvalue weighted by Gasteiger charge is -2.11. The van der Waals surface area contributed by atoms with Crippen LogP contribution < -0.4 is 4.74 Å². The molecule has 0 aliphatic rings. The van der Waals surface area contributed by atoms with Crippen molar-refractivity contribution < 1.29 is 36.6 Å². The normalized spacial score (nSPS) is 10.9. The van der Waals surface area contributed by atoms with Crippen molar-refractivity contribution in [2.45, 2.75) is 12.6 Å². The van der Waals surface area contributed by atoms with Crippen LogP contribution in [0, 0.1) is 5.82 Å². The van der Waals surface area contributed by atoms with Gasteiger partial charge in [-0.2, -0.15) is 13.2 Å². The second kappa shape index (κ2) is 10.1. The first kappa shape index (κ1) is 24.3. The van der Waals surface area contributed by atoms with Crippen molar-refractivity contribution >= 4 is 11.9 Å². The molecular formula is C24H16F4N2O4. The van der Waals surface area contributed by atoms with E-state index in [4.69, 9.17) is 4.74 Å². The molecule has 0 fully saturated rings. The van der Waals surface area contributed by atoms with Gasteiger partial charge in [-0.1, -0.05) is 36.9 Å². The number of esters is 2. The summed E-state index contributed by atoms with van der Waals surface area (Å²) in [6.07, 6.45) is -0.00167. The summed E-state index contributed by atoms with van der Waals surface area (Å²) in [5.41, 5.74) is 0.683. The van der Waals surface area contributed by atoms with Crippen LogP contribution in [0.1, 0.15) is 26.3 Å². The number of carbonyl (C=O) groups excluding carboxylic acids is 2. The highest BCUT2D eigenvalue weighted by atomic mass is 19.4. The lowest BCUT2D eigenvalue weighted by Crippen LogP contribution is -2.18. The molecule has 10 heteroatoms. The molecule has 0 atom stereocenters. The molecule has 0 aliphatic heterocycles. The number of nitrogens with zero attached hydrogens (tertiary/aromatic N) is 2. The van der Waals surface area contributed by atoms with Crippen LogP contribution in [-0.2, 0) is 11.2 Å². The minimum absolute atomic E-state index is 0.0682. The van der Waals surface area contributed by atoms with E-state index in [1.54, 1.807) is 6.08 Å². The van der Waals surface area contributed by atoms with Gasteiger partial charge < -0.3 is 9.47 Å². The molecule has 0 bridgehead atoms. The van der Waals surface area contributed by atoms with Gasteiger partial charge in [-0.3, -0.25) is 0 Å². The summed E-state index contributed by atoms with van der Waals surface area (Å²) in [4.78, 5) is 32.2. The SMILES string of the molecule is C=CCc1ccc(-c2ncc(OC(=O)c3ccc(C(=O)OC(=C)C(F)(F)F)cc3F)cn2)cc1. The van der Waals surface area contributed by atoms with Gasteiger partial charge in [0.1, 0.15) is 5.82 Å². The number of alkyl halides is 3. The largest absolute Gasteiger partial charge is 0.449 e. The Hall–Kier alpha value is -4.34. The van der Waals surface area contributed by atoms with Crippen molar-refractivity contribution in [3.8, 4) is 17.1 Å². The number of benzene rings is 2. The zero-order valence-electron chi connectivity index (χ0n) is 17.4. The summed E-state index contributed by atoms with van der Waals surface area (Å²) < 4.78 is 60.7. The number of hydrogen-bond acceptors (Lipinski definition) is 6. The highest BCUT2D eigenvalue weighted by Crippen LogP contribution is 2.26. The first-order valence-electron chi connectivity index (χ1n) is 9.60. The van der Waals surface area contributed by atoms with Gasteiger partial charge >= 0.3 is 18.1 Å². The molecule has 0 N–H and O–H groups in total. The molecule has 1 aromatic heterocycles. The second-order valence-electron chi connectivity index (χ2n) is 6.83. The fourth-order valence-electron chi connectivity index (χ4n) is 2.67. The summed E-state index contributed by atoms with van der Waals surface area (Å²) in [5.74, 6) is -5.25. The van der Waals surface area contributed by atoms with E-state index < -0.39 is 40.8 Å². The number of aromatic nitrogens is 2. The number of halogens is 4. The third-order valence-electron chi connectivity index (χ3n) is 4.39. The maximum atomic E-state index is 14.3. The Balaban J connectivity index is 1.67. The Morgan fingerprint density at radius 3 is 2.21 bits per heavy atom. The standard InChI is InChI=1S/C24H16F4N2O4/c1-3-4-15-5-7-16(8-6-15)21-29-12-18(13-30-21)34-23(32)19-10-9-17(11-20(19)25)22(31)33-14(2)24(26,27)28/h3,5-13H,1-2,4H2. The summed E-state index contributed by atoms with van der Waals surface area (Å²) in [7, 11) is 0. The van der Waals surface area contributed by atoms with E-state index in [2.05, 4.69) is 27.9 Å². The molecule has 3 aromatic rings. The Labute approximate surface area is 191 Å². The first-order chi connectivity index (χ1) is 16.1. The van der Waals surface area contributed by atoms with Crippen LogP contribution >= 0.6 is 0 Å². The minimum atomic E-state index is -4.95. The van der Waals surface area contributed by atoms with Gasteiger partial charge in [0.15, 0.2) is 11.6 Å². The number of ether oxygens (including phenoxy) is 2. The number of carbonyl (C=O) groups is 2. The molecule has 0 amide bonds. The molecule has 0 aliphatic carbocycles. The summed E-state index contributed by atoms with van der Waals surface area (Å²) in [6, 6.07) is 9.80. The number of hydrogen-bond donors (Lipinski definition) is 0. The topological polar surface area (TPSA) is 78.4 Å². The monoisotopic (exact) mass is 472 g/mol. The molecule has 34 heavy (non-hydrogen) atoms. The second-order valence-corrected chi connectivity index (χ2v) is 6.83. The molecule has 0 spiro atoms. The smallest absolute Gasteiger partial charge is 0.420 e. The lowest BCUT2D eigenvalue weighted by atomic mass is 10.1. The van der Waals surface area contributed by atoms with E-state index in [1.165, 1.54) is 12.4 Å². The van der Waals surface area contributed by atoms with Crippen LogP contribution in [0.5, 0.6) is 5.75 Å². The summed E-state index contributed by atoms with van der Waals surface area (Å²) >= 11 is 0. The van der Waals surface area contributed by atoms with Gasteiger partial charge in [0, 0.05) is 5.56 Å². The maximum Gasteiger partial charge on any atom is 0.449 e. The molecule has 3 rings (SSSR count).